The first kappa shape index (κ1) is 9.78. The van der Waals surface area contributed by atoms with E-state index in [1.54, 1.807) is 11.3 Å². The van der Waals surface area contributed by atoms with Gasteiger partial charge in [-0.15, -0.1) is 11.3 Å². The number of fused-ring (bicyclic) bond motifs is 1. The summed E-state index contributed by atoms with van der Waals surface area (Å²) in [5.74, 6) is 0.290. The van der Waals surface area contributed by atoms with Gasteiger partial charge in [-0.25, -0.2) is 4.98 Å². The summed E-state index contributed by atoms with van der Waals surface area (Å²) in [7, 11) is 0. The van der Waals surface area contributed by atoms with Crippen LogP contribution in [-0.4, -0.2) is 15.3 Å². The average molecular weight is 232 g/mol. The molecule has 0 N–H and O–H groups in total. The number of hydrogen-bond donors (Lipinski definition) is 0. The monoisotopic (exact) mass is 232 g/mol. The van der Waals surface area contributed by atoms with Crippen molar-refractivity contribution in [1.82, 2.24) is 9.55 Å². The van der Waals surface area contributed by atoms with Gasteiger partial charge in [0.2, 0.25) is 0 Å². The fraction of sp³-hybridized carbons (Fsp3) is 0.333. The van der Waals surface area contributed by atoms with Crippen molar-refractivity contribution in [3.63, 3.8) is 0 Å². The van der Waals surface area contributed by atoms with Crippen LogP contribution in [-0.2, 0) is 13.0 Å². The number of hydrogen-bond acceptors (Lipinski definition) is 3. The fourth-order valence-corrected chi connectivity index (χ4v) is 2.78. The van der Waals surface area contributed by atoms with Crippen LogP contribution in [0.15, 0.2) is 23.2 Å². The topological polar surface area (TPSA) is 34.9 Å². The summed E-state index contributed by atoms with van der Waals surface area (Å²) in [5, 5.41) is 2.05. The van der Waals surface area contributed by atoms with Gasteiger partial charge in [-0.2, -0.15) is 0 Å². The van der Waals surface area contributed by atoms with Crippen LogP contribution < -0.4 is 0 Å². The van der Waals surface area contributed by atoms with Crippen molar-refractivity contribution in [2.24, 2.45) is 0 Å². The minimum Gasteiger partial charge on any atom is -0.345 e. The molecule has 3 nitrogen and oxygen atoms in total. The van der Waals surface area contributed by atoms with Gasteiger partial charge in [0.15, 0.2) is 5.78 Å². The molecule has 1 aliphatic rings. The number of thiazole rings is 1. The first-order valence-electron chi connectivity index (χ1n) is 5.43. The van der Waals surface area contributed by atoms with E-state index in [0.29, 0.717) is 12.2 Å². The second-order valence-electron chi connectivity index (χ2n) is 4.06. The smallest absolute Gasteiger partial charge is 0.164 e. The van der Waals surface area contributed by atoms with Gasteiger partial charge in [0.25, 0.3) is 0 Å². The second kappa shape index (κ2) is 3.87. The van der Waals surface area contributed by atoms with Crippen LogP contribution >= 0.6 is 11.3 Å². The molecule has 0 saturated carbocycles. The maximum absolute atomic E-state index is 11.7. The minimum atomic E-state index is 0.290. The van der Waals surface area contributed by atoms with Crippen LogP contribution in [0.4, 0.5) is 0 Å². The van der Waals surface area contributed by atoms with Gasteiger partial charge >= 0.3 is 0 Å². The highest BCUT2D eigenvalue weighted by atomic mass is 32.1. The van der Waals surface area contributed by atoms with Crippen LogP contribution in [0.1, 0.15) is 34.6 Å². The standard InChI is InChI=1S/C12H12N2OS/c15-12-3-1-2-11-10(12)4-5-14(11)6-9-7-16-8-13-9/h4-5,7-8H,1-3,6H2. The van der Waals surface area contributed by atoms with E-state index >= 15 is 0 Å². The zero-order valence-electron chi connectivity index (χ0n) is 8.85. The first-order chi connectivity index (χ1) is 7.84. The van der Waals surface area contributed by atoms with Crippen molar-refractivity contribution in [2.75, 3.05) is 0 Å². The van der Waals surface area contributed by atoms with Crippen molar-refractivity contribution in [2.45, 2.75) is 25.8 Å². The average Bonchev–Trinajstić information content (AvgIpc) is 2.90. The Balaban J connectivity index is 1.94. The Morgan fingerprint density at radius 1 is 1.44 bits per heavy atom. The third-order valence-corrected chi connectivity index (χ3v) is 3.65. The van der Waals surface area contributed by atoms with Crippen LogP contribution in [0.25, 0.3) is 0 Å². The summed E-state index contributed by atoms with van der Waals surface area (Å²) in [6.45, 7) is 0.784. The van der Waals surface area contributed by atoms with Gasteiger partial charge in [0.05, 0.1) is 17.7 Å². The lowest BCUT2D eigenvalue weighted by atomic mass is 9.97. The summed E-state index contributed by atoms with van der Waals surface area (Å²) >= 11 is 1.61. The molecule has 2 heterocycles. The Kier molecular flexibility index (Phi) is 2.36. The largest absolute Gasteiger partial charge is 0.345 e. The molecule has 0 aliphatic heterocycles. The molecule has 0 aromatic carbocycles. The highest BCUT2D eigenvalue weighted by Gasteiger charge is 2.20. The Morgan fingerprint density at radius 3 is 3.19 bits per heavy atom. The molecule has 1 aliphatic carbocycles. The molecule has 16 heavy (non-hydrogen) atoms. The van der Waals surface area contributed by atoms with Gasteiger partial charge in [0.1, 0.15) is 0 Å². The molecule has 0 unspecified atom stereocenters. The molecular formula is C12H12N2OS. The number of nitrogens with zero attached hydrogens (tertiary/aromatic N) is 2. The molecule has 0 fully saturated rings. The van der Waals surface area contributed by atoms with E-state index in [1.807, 2.05) is 17.8 Å². The Labute approximate surface area is 97.7 Å². The predicted octanol–water partition coefficient (Wildman–Crippen LogP) is 2.51. The predicted molar refractivity (Wildman–Crippen MR) is 62.9 cm³/mol. The van der Waals surface area contributed by atoms with Crippen molar-refractivity contribution < 1.29 is 4.79 Å². The van der Waals surface area contributed by atoms with Crippen LogP contribution in [0, 0.1) is 0 Å². The summed E-state index contributed by atoms with van der Waals surface area (Å²) in [6.07, 6.45) is 4.70. The van der Waals surface area contributed by atoms with Crippen LogP contribution in [0.2, 0.25) is 0 Å². The molecular weight excluding hydrogens is 220 g/mol. The summed E-state index contributed by atoms with van der Waals surface area (Å²) in [6, 6.07) is 1.95. The van der Waals surface area contributed by atoms with Gasteiger partial charge in [-0.05, 0) is 18.9 Å². The molecule has 0 saturated heterocycles. The molecule has 0 radical (unpaired) electrons. The normalized spacial score (nSPS) is 15.1. The number of rotatable bonds is 2. The zero-order valence-corrected chi connectivity index (χ0v) is 9.67. The van der Waals surface area contributed by atoms with Crippen molar-refractivity contribution in [3.05, 3.63) is 40.1 Å². The Hall–Kier alpha value is -1.42. The van der Waals surface area contributed by atoms with Gasteiger partial charge < -0.3 is 4.57 Å². The first-order valence-corrected chi connectivity index (χ1v) is 6.37. The molecule has 2 aromatic rings. The van der Waals surface area contributed by atoms with E-state index in [0.717, 1.165) is 30.6 Å². The lowest BCUT2D eigenvalue weighted by molar-refractivity contribution is 0.0972. The highest BCUT2D eigenvalue weighted by molar-refractivity contribution is 7.07. The van der Waals surface area contributed by atoms with E-state index in [1.165, 1.54) is 5.69 Å². The minimum absolute atomic E-state index is 0.290. The highest BCUT2D eigenvalue weighted by Crippen LogP contribution is 2.23. The molecule has 4 heteroatoms. The molecule has 0 bridgehead atoms. The Morgan fingerprint density at radius 2 is 2.38 bits per heavy atom. The molecule has 2 aromatic heterocycles. The van der Waals surface area contributed by atoms with Crippen LogP contribution in [0.3, 0.4) is 0 Å². The maximum atomic E-state index is 11.7. The van der Waals surface area contributed by atoms with E-state index in [2.05, 4.69) is 14.9 Å². The lowest BCUT2D eigenvalue weighted by Gasteiger charge is -2.14. The SMILES string of the molecule is O=C1CCCc2c1ccn2Cc1cscn1. The zero-order chi connectivity index (χ0) is 11.0. The van der Waals surface area contributed by atoms with Crippen molar-refractivity contribution in [3.8, 4) is 0 Å². The molecule has 3 rings (SSSR count). The summed E-state index contributed by atoms with van der Waals surface area (Å²) in [5.41, 5.74) is 5.02. The fourth-order valence-electron chi connectivity index (χ4n) is 2.23. The van der Waals surface area contributed by atoms with Gasteiger partial charge in [0, 0.05) is 29.3 Å². The summed E-state index contributed by atoms with van der Waals surface area (Å²) in [4.78, 5) is 15.9. The second-order valence-corrected chi connectivity index (χ2v) is 4.78. The van der Waals surface area contributed by atoms with Crippen molar-refractivity contribution in [1.29, 1.82) is 0 Å². The lowest BCUT2D eigenvalue weighted by Crippen LogP contribution is -2.13. The van der Waals surface area contributed by atoms with E-state index < -0.39 is 0 Å². The number of Topliss-reactive ketones (excluding diaryl/α,β-unsaturated/α-hetero) is 1. The van der Waals surface area contributed by atoms with Gasteiger partial charge in [-0.3, -0.25) is 4.79 Å². The summed E-state index contributed by atoms with van der Waals surface area (Å²) < 4.78 is 2.15. The number of carbonyl (C=O) groups is 1. The molecule has 0 amide bonds. The number of carbonyl (C=O) groups excluding carboxylic acids is 1. The van der Waals surface area contributed by atoms with Crippen LogP contribution in [0.5, 0.6) is 0 Å². The maximum Gasteiger partial charge on any atom is 0.164 e. The molecule has 0 spiro atoms. The third kappa shape index (κ3) is 1.59. The Bertz CT molecular complexity index is 513. The quantitative estimate of drug-likeness (QED) is 0.797. The number of ketones is 1. The van der Waals surface area contributed by atoms with E-state index in [-0.39, 0.29) is 0 Å². The number of aromatic nitrogens is 2. The van der Waals surface area contributed by atoms with E-state index in [4.69, 9.17) is 0 Å². The van der Waals surface area contributed by atoms with Crippen molar-refractivity contribution >= 4 is 17.1 Å². The molecule has 82 valence electrons. The van der Waals surface area contributed by atoms with E-state index in [9.17, 15) is 4.79 Å². The third-order valence-electron chi connectivity index (χ3n) is 3.01. The molecule has 0 atom stereocenters. The van der Waals surface area contributed by atoms with Gasteiger partial charge in [-0.1, -0.05) is 0 Å².